The molecule has 0 aromatic carbocycles. The molecule has 1 aliphatic rings. The Kier molecular flexibility index (Phi) is 9.69. The maximum atomic E-state index is 9.10. The molecular weight excluding hydrogens is 362 g/mol. The molecule has 0 saturated heterocycles. The molecule has 25 heavy (non-hydrogen) atoms. The minimum atomic E-state index is -1.82. The Bertz CT molecular complexity index is 592. The molecule has 0 saturated carbocycles. The zero-order valence-corrected chi connectivity index (χ0v) is 16.4. The van der Waals surface area contributed by atoms with E-state index in [-0.39, 0.29) is 0 Å². The predicted octanol–water partition coefficient (Wildman–Crippen LogP) is 3.08. The number of carboxylic acid groups (broad SMARTS) is 2. The number of nitrogens with zero attached hydrogens (tertiary/aromatic N) is 3. The molecule has 0 bridgehead atoms. The summed E-state index contributed by atoms with van der Waals surface area (Å²) in [5.74, 6) is -2.49. The van der Waals surface area contributed by atoms with Gasteiger partial charge in [-0.3, -0.25) is 4.90 Å². The highest BCUT2D eigenvalue weighted by Crippen LogP contribution is 2.30. The molecule has 0 aliphatic carbocycles. The van der Waals surface area contributed by atoms with Gasteiger partial charge in [-0.1, -0.05) is 25.8 Å². The van der Waals surface area contributed by atoms with Crippen LogP contribution in [-0.2, 0) is 9.59 Å². The van der Waals surface area contributed by atoms with Crippen LogP contribution >= 0.6 is 23.5 Å². The molecule has 1 atom stereocenters. The lowest BCUT2D eigenvalue weighted by Gasteiger charge is -2.29. The van der Waals surface area contributed by atoms with E-state index in [0.717, 1.165) is 29.4 Å². The smallest absolute Gasteiger partial charge is 0.414 e. The summed E-state index contributed by atoms with van der Waals surface area (Å²) >= 11 is 3.21. The number of thioether (sulfide) groups is 1. The van der Waals surface area contributed by atoms with Gasteiger partial charge in [-0.15, -0.1) is 11.8 Å². The number of aromatic nitrogens is 2. The van der Waals surface area contributed by atoms with E-state index in [4.69, 9.17) is 19.8 Å². The lowest BCUT2D eigenvalue weighted by atomic mass is 10.0. The molecule has 140 valence electrons. The normalized spacial score (nSPS) is 17.4. The van der Waals surface area contributed by atoms with Gasteiger partial charge in [0.25, 0.3) is 0 Å². The maximum absolute atomic E-state index is 9.10. The zero-order chi connectivity index (χ0) is 18.8. The predicted molar refractivity (Wildman–Crippen MR) is 100 cm³/mol. The van der Waals surface area contributed by atoms with Crippen molar-refractivity contribution in [3.63, 3.8) is 0 Å². The SMILES string of the molecule is CCCCCSc1nsnc1C1=CCC(C)N(C)C1.O=C(O)C(=O)O. The van der Waals surface area contributed by atoms with Crippen molar-refractivity contribution in [2.45, 2.75) is 50.6 Å². The molecule has 1 aromatic heterocycles. The molecule has 1 aliphatic heterocycles. The summed E-state index contributed by atoms with van der Waals surface area (Å²) in [7, 11) is 2.19. The molecule has 0 fully saturated rings. The Hall–Kier alpha value is -1.45. The first-order valence-corrected chi connectivity index (χ1v) is 9.89. The molecule has 7 nitrogen and oxygen atoms in total. The van der Waals surface area contributed by atoms with E-state index in [9.17, 15) is 0 Å². The van der Waals surface area contributed by atoms with Crippen LogP contribution in [0.2, 0.25) is 0 Å². The number of aliphatic carboxylic acids is 2. The Balaban J connectivity index is 0.000000450. The Morgan fingerprint density at radius 1 is 1.32 bits per heavy atom. The average molecular weight is 388 g/mol. The molecule has 1 aromatic rings. The molecule has 2 N–H and O–H groups in total. The summed E-state index contributed by atoms with van der Waals surface area (Å²) in [5.41, 5.74) is 2.48. The van der Waals surface area contributed by atoms with Crippen molar-refractivity contribution in [1.29, 1.82) is 0 Å². The van der Waals surface area contributed by atoms with Gasteiger partial charge in [0.15, 0.2) is 0 Å². The minimum Gasteiger partial charge on any atom is -0.473 e. The number of hydrogen-bond donors (Lipinski definition) is 2. The number of hydrogen-bond acceptors (Lipinski definition) is 7. The van der Waals surface area contributed by atoms with Crippen molar-refractivity contribution in [2.75, 3.05) is 19.3 Å². The Morgan fingerprint density at radius 2 is 2.00 bits per heavy atom. The Labute approximate surface area is 156 Å². The summed E-state index contributed by atoms with van der Waals surface area (Å²) in [6.07, 6.45) is 7.31. The summed E-state index contributed by atoms with van der Waals surface area (Å²) in [6.45, 7) is 5.51. The molecule has 2 heterocycles. The highest BCUT2D eigenvalue weighted by molar-refractivity contribution is 7.99. The van der Waals surface area contributed by atoms with Crippen LogP contribution in [0.25, 0.3) is 5.57 Å². The third-order valence-electron chi connectivity index (χ3n) is 3.81. The second-order valence-electron chi connectivity index (χ2n) is 5.81. The van der Waals surface area contributed by atoms with Gasteiger partial charge in [0.05, 0.1) is 11.7 Å². The fraction of sp³-hybridized carbons (Fsp3) is 0.625. The van der Waals surface area contributed by atoms with Crippen LogP contribution in [0.4, 0.5) is 0 Å². The molecule has 9 heteroatoms. The van der Waals surface area contributed by atoms with E-state index in [0.29, 0.717) is 6.04 Å². The molecule has 1 unspecified atom stereocenters. The van der Waals surface area contributed by atoms with E-state index in [1.165, 1.54) is 36.6 Å². The number of likely N-dealkylation sites (N-methyl/N-ethyl adjacent to an activating group) is 1. The molecule has 0 radical (unpaired) electrons. The van der Waals surface area contributed by atoms with Crippen LogP contribution in [0.1, 0.15) is 45.2 Å². The summed E-state index contributed by atoms with van der Waals surface area (Å²) in [5, 5.41) is 15.9. The first-order valence-electron chi connectivity index (χ1n) is 8.18. The standard InChI is InChI=1S/C14H23N3S2.C2H2O4/c1-4-5-6-9-18-14-13(15-19-16-14)12-8-7-11(2)17(3)10-12;3-1(4)2(5)6/h8,11H,4-7,9-10H2,1-3H3;(H,3,4)(H,5,6). The molecule has 2 rings (SSSR count). The summed E-state index contributed by atoms with van der Waals surface area (Å²) in [4.78, 5) is 20.6. The fourth-order valence-corrected chi connectivity index (χ4v) is 3.86. The molecule has 0 spiro atoms. The minimum absolute atomic E-state index is 0.635. The number of rotatable bonds is 6. The van der Waals surface area contributed by atoms with Crippen molar-refractivity contribution in [3.05, 3.63) is 11.8 Å². The van der Waals surface area contributed by atoms with Gasteiger partial charge in [0.1, 0.15) is 10.7 Å². The van der Waals surface area contributed by atoms with Crippen LogP contribution in [0.5, 0.6) is 0 Å². The highest BCUT2D eigenvalue weighted by atomic mass is 32.2. The average Bonchev–Trinajstić information content (AvgIpc) is 3.03. The van der Waals surface area contributed by atoms with E-state index in [1.807, 2.05) is 11.8 Å². The second kappa shape index (κ2) is 11.2. The van der Waals surface area contributed by atoms with Crippen molar-refractivity contribution >= 4 is 41.0 Å². The molecule has 0 amide bonds. The Morgan fingerprint density at radius 3 is 2.56 bits per heavy atom. The monoisotopic (exact) mass is 387 g/mol. The van der Waals surface area contributed by atoms with Crippen LogP contribution in [0, 0.1) is 0 Å². The van der Waals surface area contributed by atoms with Crippen molar-refractivity contribution in [2.24, 2.45) is 0 Å². The van der Waals surface area contributed by atoms with E-state index >= 15 is 0 Å². The van der Waals surface area contributed by atoms with E-state index in [1.54, 1.807) is 0 Å². The van der Waals surface area contributed by atoms with Gasteiger partial charge >= 0.3 is 11.9 Å². The number of carboxylic acids is 2. The lowest BCUT2D eigenvalue weighted by molar-refractivity contribution is -0.159. The van der Waals surface area contributed by atoms with Gasteiger partial charge in [-0.05, 0) is 38.1 Å². The number of unbranched alkanes of at least 4 members (excludes halogenated alkanes) is 2. The third kappa shape index (κ3) is 7.54. The topological polar surface area (TPSA) is 104 Å². The van der Waals surface area contributed by atoms with Crippen LogP contribution in [-0.4, -0.2) is 61.2 Å². The van der Waals surface area contributed by atoms with E-state index in [2.05, 4.69) is 40.6 Å². The van der Waals surface area contributed by atoms with Gasteiger partial charge in [-0.25, -0.2) is 9.59 Å². The van der Waals surface area contributed by atoms with Crippen molar-refractivity contribution in [1.82, 2.24) is 13.6 Å². The van der Waals surface area contributed by atoms with Crippen LogP contribution in [0.3, 0.4) is 0 Å². The highest BCUT2D eigenvalue weighted by Gasteiger charge is 2.21. The van der Waals surface area contributed by atoms with Crippen molar-refractivity contribution < 1.29 is 19.8 Å². The lowest BCUT2D eigenvalue weighted by Crippen LogP contribution is -2.33. The van der Waals surface area contributed by atoms with Crippen LogP contribution < -0.4 is 0 Å². The molecular formula is C16H25N3O4S2. The van der Waals surface area contributed by atoms with Gasteiger partial charge in [0.2, 0.25) is 0 Å². The first kappa shape index (κ1) is 21.6. The maximum Gasteiger partial charge on any atom is 0.414 e. The summed E-state index contributed by atoms with van der Waals surface area (Å²) in [6, 6.07) is 0.635. The van der Waals surface area contributed by atoms with Gasteiger partial charge in [0, 0.05) is 12.6 Å². The quantitative estimate of drug-likeness (QED) is 0.436. The largest absolute Gasteiger partial charge is 0.473 e. The van der Waals surface area contributed by atoms with Crippen LogP contribution in [0.15, 0.2) is 11.1 Å². The number of carbonyl (C=O) groups is 2. The summed E-state index contributed by atoms with van der Waals surface area (Å²) < 4.78 is 8.98. The second-order valence-corrected chi connectivity index (χ2v) is 7.43. The third-order valence-corrected chi connectivity index (χ3v) is 5.50. The van der Waals surface area contributed by atoms with Gasteiger partial charge < -0.3 is 10.2 Å². The fourth-order valence-electron chi connectivity index (χ4n) is 2.15. The first-order chi connectivity index (χ1) is 11.9. The zero-order valence-electron chi connectivity index (χ0n) is 14.8. The van der Waals surface area contributed by atoms with E-state index < -0.39 is 11.9 Å². The van der Waals surface area contributed by atoms with Crippen molar-refractivity contribution in [3.8, 4) is 0 Å². The van der Waals surface area contributed by atoms with Gasteiger partial charge in [-0.2, -0.15) is 8.75 Å².